The highest BCUT2D eigenvalue weighted by atomic mass is 35.5. The van der Waals surface area contributed by atoms with Crippen molar-refractivity contribution in [2.75, 3.05) is 18.9 Å². The number of nitrogens with one attached hydrogen (secondary N) is 1. The lowest BCUT2D eigenvalue weighted by atomic mass is 10.1. The molecule has 0 saturated heterocycles. The van der Waals surface area contributed by atoms with Crippen LogP contribution in [0, 0.1) is 13.8 Å². The third kappa shape index (κ3) is 5.00. The monoisotopic (exact) mass is 329 g/mol. The molecule has 0 amide bonds. The van der Waals surface area contributed by atoms with Gasteiger partial charge in [-0.15, -0.1) is 0 Å². The molecule has 3 nitrogen and oxygen atoms in total. The van der Waals surface area contributed by atoms with Gasteiger partial charge < -0.3 is 10.2 Å². The summed E-state index contributed by atoms with van der Waals surface area (Å²) in [7, 11) is 2.02. The second kappa shape index (κ2) is 8.02. The maximum atomic E-state index is 5.92. The standard InChI is InChI=1S/C19H24ClN3/c1-5-23(4)13-22-19-11-14(2)18(10-15(19)3)21-12-16-6-8-17(20)9-7-16/h6-11,13,21H,5,12H2,1-4H3/b22-13-. The number of aliphatic imine (C=N–C) groups is 1. The average molecular weight is 330 g/mol. The SMILES string of the molecule is CCN(C)/C=N\c1cc(C)c(NCc2ccc(Cl)cc2)cc1C. The van der Waals surface area contributed by atoms with Crippen LogP contribution >= 0.6 is 11.6 Å². The summed E-state index contributed by atoms with van der Waals surface area (Å²) in [4.78, 5) is 6.62. The number of nitrogens with zero attached hydrogens (tertiary/aromatic N) is 2. The van der Waals surface area contributed by atoms with Crippen LogP contribution in [-0.2, 0) is 6.54 Å². The van der Waals surface area contributed by atoms with Crippen LogP contribution in [0.5, 0.6) is 0 Å². The molecule has 0 radical (unpaired) electrons. The van der Waals surface area contributed by atoms with Crippen molar-refractivity contribution in [2.24, 2.45) is 4.99 Å². The molecule has 2 aromatic carbocycles. The summed E-state index contributed by atoms with van der Waals surface area (Å²) in [6, 6.07) is 12.2. The maximum absolute atomic E-state index is 5.92. The van der Waals surface area contributed by atoms with Gasteiger partial charge in [-0.1, -0.05) is 23.7 Å². The third-order valence-corrected chi connectivity index (χ3v) is 4.08. The van der Waals surface area contributed by atoms with Crippen molar-refractivity contribution < 1.29 is 0 Å². The minimum absolute atomic E-state index is 0.764. The topological polar surface area (TPSA) is 27.6 Å². The van der Waals surface area contributed by atoms with E-state index in [-0.39, 0.29) is 0 Å². The first-order chi connectivity index (χ1) is 11.0. The molecule has 0 spiro atoms. The van der Waals surface area contributed by atoms with Gasteiger partial charge in [-0.2, -0.15) is 0 Å². The molecule has 0 saturated carbocycles. The number of hydrogen-bond donors (Lipinski definition) is 1. The zero-order chi connectivity index (χ0) is 16.8. The quantitative estimate of drug-likeness (QED) is 0.584. The maximum Gasteiger partial charge on any atom is 0.0909 e. The predicted octanol–water partition coefficient (Wildman–Crippen LogP) is 5.18. The zero-order valence-electron chi connectivity index (χ0n) is 14.2. The van der Waals surface area contributed by atoms with Gasteiger partial charge in [-0.3, -0.25) is 0 Å². The van der Waals surface area contributed by atoms with Crippen molar-refractivity contribution in [2.45, 2.75) is 27.3 Å². The van der Waals surface area contributed by atoms with Crippen molar-refractivity contribution in [1.82, 2.24) is 4.90 Å². The van der Waals surface area contributed by atoms with Gasteiger partial charge in [0.05, 0.1) is 12.0 Å². The molecule has 0 aliphatic carbocycles. The Morgan fingerprint density at radius 1 is 1.13 bits per heavy atom. The lowest BCUT2D eigenvalue weighted by Gasteiger charge is -2.13. The Kier molecular flexibility index (Phi) is 6.05. The fraction of sp³-hybridized carbons (Fsp3) is 0.316. The number of halogens is 1. The summed E-state index contributed by atoms with van der Waals surface area (Å²) in [6.45, 7) is 8.02. The van der Waals surface area contributed by atoms with Crippen LogP contribution in [0.15, 0.2) is 41.4 Å². The Morgan fingerprint density at radius 3 is 2.48 bits per heavy atom. The second-order valence-electron chi connectivity index (χ2n) is 5.75. The van der Waals surface area contributed by atoms with E-state index >= 15 is 0 Å². The molecule has 0 aromatic heterocycles. The first kappa shape index (κ1) is 17.4. The first-order valence-corrected chi connectivity index (χ1v) is 8.21. The van der Waals surface area contributed by atoms with Gasteiger partial charge in [0.2, 0.25) is 0 Å². The molecular formula is C19H24ClN3. The summed E-state index contributed by atoms with van der Waals surface area (Å²) in [5.74, 6) is 0. The lowest BCUT2D eigenvalue weighted by molar-refractivity contribution is 0.552. The molecule has 122 valence electrons. The Labute approximate surface area is 144 Å². The van der Waals surface area contributed by atoms with Gasteiger partial charge in [0.25, 0.3) is 0 Å². The Balaban J connectivity index is 2.10. The first-order valence-electron chi connectivity index (χ1n) is 7.83. The van der Waals surface area contributed by atoms with Gasteiger partial charge >= 0.3 is 0 Å². The molecule has 4 heteroatoms. The predicted molar refractivity (Wildman–Crippen MR) is 101 cm³/mol. The summed E-state index contributed by atoms with van der Waals surface area (Å²) in [5, 5.41) is 4.25. The number of anilines is 1. The molecule has 0 heterocycles. The molecule has 0 bridgehead atoms. The van der Waals surface area contributed by atoms with Crippen LogP contribution in [0.1, 0.15) is 23.6 Å². The lowest BCUT2D eigenvalue weighted by Crippen LogP contribution is -2.14. The smallest absolute Gasteiger partial charge is 0.0909 e. The van der Waals surface area contributed by atoms with Crippen molar-refractivity contribution in [3.63, 3.8) is 0 Å². The highest BCUT2D eigenvalue weighted by Gasteiger charge is 2.04. The number of benzene rings is 2. The van der Waals surface area contributed by atoms with E-state index < -0.39 is 0 Å². The summed E-state index contributed by atoms with van der Waals surface area (Å²) < 4.78 is 0. The van der Waals surface area contributed by atoms with Crippen molar-refractivity contribution >= 4 is 29.3 Å². The van der Waals surface area contributed by atoms with Gasteiger partial charge in [0.1, 0.15) is 0 Å². The van der Waals surface area contributed by atoms with Crippen molar-refractivity contribution in [3.8, 4) is 0 Å². The molecule has 1 N–H and O–H groups in total. The van der Waals surface area contributed by atoms with Crippen LogP contribution in [0.2, 0.25) is 5.02 Å². The fourth-order valence-corrected chi connectivity index (χ4v) is 2.30. The van der Waals surface area contributed by atoms with Crippen molar-refractivity contribution in [3.05, 3.63) is 58.1 Å². The van der Waals surface area contributed by atoms with E-state index in [0.717, 1.165) is 35.1 Å². The normalized spacial score (nSPS) is 11.0. The summed E-state index contributed by atoms with van der Waals surface area (Å²) in [5.41, 5.74) is 5.71. The Hall–Kier alpha value is -2.00. The highest BCUT2D eigenvalue weighted by Crippen LogP contribution is 2.27. The molecule has 0 atom stereocenters. The summed E-state index contributed by atoms with van der Waals surface area (Å²) >= 11 is 5.92. The van der Waals surface area contributed by atoms with E-state index in [9.17, 15) is 0 Å². The molecule has 0 aliphatic rings. The van der Waals surface area contributed by atoms with E-state index in [0.29, 0.717) is 0 Å². The van der Waals surface area contributed by atoms with Crippen LogP contribution in [-0.4, -0.2) is 24.8 Å². The van der Waals surface area contributed by atoms with E-state index in [1.165, 1.54) is 11.1 Å². The number of aryl methyl sites for hydroxylation is 2. The second-order valence-corrected chi connectivity index (χ2v) is 6.19. The Bertz CT molecular complexity index is 678. The molecule has 2 rings (SSSR count). The van der Waals surface area contributed by atoms with Crippen LogP contribution in [0.25, 0.3) is 0 Å². The summed E-state index contributed by atoms with van der Waals surface area (Å²) in [6.07, 6.45) is 1.88. The molecule has 0 fully saturated rings. The average Bonchev–Trinajstić information content (AvgIpc) is 2.55. The van der Waals surface area contributed by atoms with Gasteiger partial charge in [0, 0.05) is 30.8 Å². The third-order valence-electron chi connectivity index (χ3n) is 3.83. The van der Waals surface area contributed by atoms with E-state index in [4.69, 9.17) is 11.6 Å². The number of rotatable bonds is 6. The van der Waals surface area contributed by atoms with E-state index in [2.05, 4.69) is 48.1 Å². The van der Waals surface area contributed by atoms with Crippen LogP contribution in [0.4, 0.5) is 11.4 Å². The molecule has 0 aliphatic heterocycles. The van der Waals surface area contributed by atoms with E-state index in [1.54, 1.807) is 0 Å². The Morgan fingerprint density at radius 2 is 1.83 bits per heavy atom. The zero-order valence-corrected chi connectivity index (χ0v) is 15.0. The van der Waals surface area contributed by atoms with Crippen molar-refractivity contribution in [1.29, 1.82) is 0 Å². The molecule has 23 heavy (non-hydrogen) atoms. The number of hydrogen-bond acceptors (Lipinski definition) is 2. The van der Waals surface area contributed by atoms with Crippen LogP contribution in [0.3, 0.4) is 0 Å². The van der Waals surface area contributed by atoms with Crippen LogP contribution < -0.4 is 5.32 Å². The molecular weight excluding hydrogens is 306 g/mol. The van der Waals surface area contributed by atoms with Gasteiger partial charge in [-0.05, 0) is 61.7 Å². The largest absolute Gasteiger partial charge is 0.381 e. The molecule has 0 unspecified atom stereocenters. The van der Waals surface area contributed by atoms with Gasteiger partial charge in [-0.25, -0.2) is 4.99 Å². The highest BCUT2D eigenvalue weighted by molar-refractivity contribution is 6.30. The van der Waals surface area contributed by atoms with Gasteiger partial charge in [0.15, 0.2) is 0 Å². The van der Waals surface area contributed by atoms with E-state index in [1.807, 2.05) is 37.7 Å². The minimum Gasteiger partial charge on any atom is -0.381 e. The fourth-order valence-electron chi connectivity index (χ4n) is 2.17. The minimum atomic E-state index is 0.764. The molecule has 2 aromatic rings.